The van der Waals surface area contributed by atoms with Crippen molar-refractivity contribution in [2.45, 2.75) is 90.4 Å². The number of H-pyrrole nitrogens is 2. The topological polar surface area (TPSA) is 188 Å². The monoisotopic (exact) mass is 791 g/mol. The minimum atomic E-state index is -0.687. The Morgan fingerprint density at radius 1 is 0.741 bits per heavy atom. The Morgan fingerprint density at radius 3 is 1.93 bits per heavy atom. The molecule has 2 aromatic carbocycles. The summed E-state index contributed by atoms with van der Waals surface area (Å²) in [5.41, 5.74) is 6.01. The summed E-state index contributed by atoms with van der Waals surface area (Å²) in [6, 6.07) is 14.3. The highest BCUT2D eigenvalue weighted by Crippen LogP contribution is 2.36. The van der Waals surface area contributed by atoms with Gasteiger partial charge in [0.1, 0.15) is 23.7 Å². The zero-order valence-electron chi connectivity index (χ0n) is 34.0. The number of aromatic nitrogens is 5. The summed E-state index contributed by atoms with van der Waals surface area (Å²) in [5.74, 6) is 1.04. The second-order valence-electron chi connectivity index (χ2n) is 15.5. The van der Waals surface area contributed by atoms with Gasteiger partial charge in [-0.05, 0) is 67.9 Å². The molecule has 2 fully saturated rings. The number of pyridine rings is 1. The van der Waals surface area contributed by atoms with Crippen LogP contribution in [0.2, 0.25) is 0 Å². The molecular formula is C43H53N9O6. The Kier molecular flexibility index (Phi) is 12.0. The van der Waals surface area contributed by atoms with Gasteiger partial charge in [0.2, 0.25) is 11.8 Å². The molecule has 15 heteroatoms. The summed E-state index contributed by atoms with van der Waals surface area (Å²) in [6.45, 7) is 9.07. The predicted octanol–water partition coefficient (Wildman–Crippen LogP) is 7.04. The van der Waals surface area contributed by atoms with Gasteiger partial charge in [0, 0.05) is 29.6 Å². The van der Waals surface area contributed by atoms with E-state index in [-0.39, 0.29) is 35.7 Å². The molecule has 5 aromatic rings. The van der Waals surface area contributed by atoms with Crippen LogP contribution in [0.5, 0.6) is 0 Å². The van der Waals surface area contributed by atoms with Gasteiger partial charge in [-0.2, -0.15) is 0 Å². The van der Waals surface area contributed by atoms with Crippen molar-refractivity contribution in [1.82, 2.24) is 45.4 Å². The minimum absolute atomic E-state index is 0.0627. The number of carbonyl (C=O) groups excluding carboxylic acids is 4. The molecule has 306 valence electrons. The van der Waals surface area contributed by atoms with E-state index in [0.717, 1.165) is 88.8 Å². The summed E-state index contributed by atoms with van der Waals surface area (Å²) in [4.78, 5) is 77.0. The van der Waals surface area contributed by atoms with Crippen LogP contribution in [0.4, 0.5) is 9.59 Å². The van der Waals surface area contributed by atoms with Gasteiger partial charge in [0.15, 0.2) is 0 Å². The molecule has 2 aliphatic heterocycles. The van der Waals surface area contributed by atoms with E-state index < -0.39 is 24.3 Å². The molecular weight excluding hydrogens is 739 g/mol. The molecule has 0 saturated carbocycles. The molecule has 2 unspecified atom stereocenters. The summed E-state index contributed by atoms with van der Waals surface area (Å²) in [7, 11) is 2.60. The third-order valence-electron chi connectivity index (χ3n) is 12.0. The van der Waals surface area contributed by atoms with Gasteiger partial charge in [-0.3, -0.25) is 9.59 Å². The molecule has 58 heavy (non-hydrogen) atoms. The molecule has 0 aliphatic carbocycles. The maximum absolute atomic E-state index is 13.8. The Hall–Kier alpha value is -5.99. The van der Waals surface area contributed by atoms with Crippen LogP contribution in [-0.4, -0.2) is 98.1 Å². The largest absolute Gasteiger partial charge is 0.453 e. The number of methoxy groups -OCH3 is 2. The third kappa shape index (κ3) is 8.07. The van der Waals surface area contributed by atoms with Gasteiger partial charge < -0.3 is 39.9 Å². The van der Waals surface area contributed by atoms with E-state index >= 15 is 0 Å². The fourth-order valence-corrected chi connectivity index (χ4v) is 8.18. The number of nitrogens with zero attached hydrogens (tertiary/aromatic N) is 5. The highest BCUT2D eigenvalue weighted by Gasteiger charge is 2.39. The SMILES string of the molecule is CC[C@H](C)C(NC(=O)OC)C(=O)N1CCC[C@H]1c1ncc(-c2ccc3nc(-c4ccc5nc([C@@H]6CCCN6C(=O)C(NC(=O)OC)[C@@H](C)CC)[nH]c5c4)ccc3c2)[nH]1. The van der Waals surface area contributed by atoms with Crippen molar-refractivity contribution in [2.75, 3.05) is 27.3 Å². The molecule has 0 radical (unpaired) electrons. The molecule has 4 N–H and O–H groups in total. The third-order valence-corrected chi connectivity index (χ3v) is 12.0. The lowest BCUT2D eigenvalue weighted by atomic mass is 9.97. The highest BCUT2D eigenvalue weighted by molar-refractivity contribution is 5.89. The zero-order valence-corrected chi connectivity index (χ0v) is 34.0. The smallest absolute Gasteiger partial charge is 0.407 e. The maximum Gasteiger partial charge on any atom is 0.407 e. The molecule has 7 rings (SSSR count). The van der Waals surface area contributed by atoms with Crippen LogP contribution in [0.25, 0.3) is 44.5 Å². The highest BCUT2D eigenvalue weighted by atomic mass is 16.5. The number of benzene rings is 2. The van der Waals surface area contributed by atoms with E-state index in [0.29, 0.717) is 18.9 Å². The van der Waals surface area contributed by atoms with E-state index in [1.165, 1.54) is 14.2 Å². The van der Waals surface area contributed by atoms with Crippen LogP contribution in [0.1, 0.15) is 90.0 Å². The second kappa shape index (κ2) is 17.2. The predicted molar refractivity (Wildman–Crippen MR) is 219 cm³/mol. The molecule has 2 saturated heterocycles. The van der Waals surface area contributed by atoms with E-state index in [2.05, 4.69) is 32.7 Å². The van der Waals surface area contributed by atoms with Crippen molar-refractivity contribution in [3.63, 3.8) is 0 Å². The lowest BCUT2D eigenvalue weighted by Crippen LogP contribution is -2.51. The Bertz CT molecular complexity index is 2300. The second-order valence-corrected chi connectivity index (χ2v) is 15.5. The molecule has 4 amide bonds. The minimum Gasteiger partial charge on any atom is -0.453 e. The van der Waals surface area contributed by atoms with Gasteiger partial charge >= 0.3 is 12.2 Å². The van der Waals surface area contributed by atoms with Crippen LogP contribution in [0, 0.1) is 11.8 Å². The Balaban J connectivity index is 1.07. The van der Waals surface area contributed by atoms with Crippen molar-refractivity contribution in [3.8, 4) is 22.5 Å². The fourth-order valence-electron chi connectivity index (χ4n) is 8.18. The number of hydrogen-bond donors (Lipinski definition) is 4. The number of likely N-dealkylation sites (tertiary alicyclic amines) is 2. The maximum atomic E-state index is 13.8. The van der Waals surface area contributed by atoms with E-state index in [4.69, 9.17) is 24.4 Å². The van der Waals surface area contributed by atoms with Gasteiger partial charge in [-0.25, -0.2) is 24.5 Å². The van der Waals surface area contributed by atoms with Crippen LogP contribution < -0.4 is 10.6 Å². The lowest BCUT2D eigenvalue weighted by molar-refractivity contribution is -0.136. The number of nitrogens with one attached hydrogen (secondary N) is 4. The average molecular weight is 792 g/mol. The Morgan fingerprint density at radius 2 is 1.33 bits per heavy atom. The van der Waals surface area contributed by atoms with Gasteiger partial charge in [-0.1, -0.05) is 58.7 Å². The Labute approximate surface area is 337 Å². The lowest BCUT2D eigenvalue weighted by Gasteiger charge is -2.30. The molecule has 2 aliphatic rings. The molecule has 5 heterocycles. The van der Waals surface area contributed by atoms with Crippen LogP contribution in [0.15, 0.2) is 54.7 Å². The normalized spacial score (nSPS) is 18.9. The van der Waals surface area contributed by atoms with Crippen molar-refractivity contribution in [1.29, 1.82) is 0 Å². The van der Waals surface area contributed by atoms with Crippen molar-refractivity contribution >= 4 is 45.9 Å². The van der Waals surface area contributed by atoms with Gasteiger partial charge in [-0.15, -0.1) is 0 Å². The van der Waals surface area contributed by atoms with Crippen LogP contribution in [0.3, 0.4) is 0 Å². The number of alkyl carbamates (subject to hydrolysis) is 2. The summed E-state index contributed by atoms with van der Waals surface area (Å²) in [6.07, 6.45) is 5.24. The standard InChI is InChI=1S/C43H53N9O6/c1-7-24(3)36(49-42(55)57-5)40(53)51-19-9-11-34(51)38-44-23-33(48-38)27-14-17-29-26(21-27)13-16-30(45-29)28-15-18-31-32(22-28)47-39(46-31)35-12-10-20-52(35)41(54)37(25(4)8-2)50-43(56)58-6/h13-18,21-25,34-37H,7-12,19-20H2,1-6H3,(H,44,48)(H,46,47)(H,49,55)(H,50,56)/t24-,25-,34-,35-,36?,37?/m0/s1. The molecule has 15 nitrogen and oxygen atoms in total. The average Bonchev–Trinajstić information content (AvgIpc) is 4.09. The first-order valence-electron chi connectivity index (χ1n) is 20.3. The molecule has 0 bridgehead atoms. The van der Waals surface area contributed by atoms with Gasteiger partial charge in [0.25, 0.3) is 0 Å². The van der Waals surface area contributed by atoms with Gasteiger partial charge in [0.05, 0.1) is 60.4 Å². The first kappa shape index (κ1) is 40.2. The number of ether oxygens (including phenoxy) is 2. The van der Waals surface area contributed by atoms with Crippen molar-refractivity contribution in [3.05, 3.63) is 66.4 Å². The number of aromatic amines is 2. The van der Waals surface area contributed by atoms with Crippen molar-refractivity contribution < 1.29 is 28.7 Å². The van der Waals surface area contributed by atoms with E-state index in [1.54, 1.807) is 6.20 Å². The number of fused-ring (bicyclic) bond motifs is 2. The quantitative estimate of drug-likeness (QED) is 0.103. The fraction of sp³-hybridized carbons (Fsp3) is 0.465. The zero-order chi connectivity index (χ0) is 41.1. The van der Waals surface area contributed by atoms with Crippen molar-refractivity contribution in [2.24, 2.45) is 11.8 Å². The van der Waals surface area contributed by atoms with Crippen LogP contribution in [-0.2, 0) is 19.1 Å². The molecule has 3 aromatic heterocycles. The molecule has 0 spiro atoms. The number of hydrogen-bond acceptors (Lipinski definition) is 9. The first-order valence-corrected chi connectivity index (χ1v) is 20.3. The summed E-state index contributed by atoms with van der Waals surface area (Å²) < 4.78 is 9.62. The van der Waals surface area contributed by atoms with E-state index in [9.17, 15) is 19.2 Å². The number of rotatable bonds is 12. The van der Waals surface area contributed by atoms with E-state index in [1.807, 2.05) is 73.9 Å². The number of carbonyl (C=O) groups is 4. The number of amides is 4. The first-order chi connectivity index (χ1) is 28.0. The number of imidazole rings is 2. The summed E-state index contributed by atoms with van der Waals surface area (Å²) in [5, 5.41) is 6.47. The molecule has 6 atom stereocenters. The summed E-state index contributed by atoms with van der Waals surface area (Å²) >= 11 is 0. The van der Waals surface area contributed by atoms with Crippen LogP contribution >= 0.6 is 0 Å².